The number of carbonyl (C=O) groups is 2. The molecule has 0 spiro atoms. The van der Waals surface area contributed by atoms with Gasteiger partial charge in [-0.25, -0.2) is 14.2 Å². The van der Waals surface area contributed by atoms with E-state index in [0.717, 1.165) is 23.0 Å². The number of hydrogen-bond donors (Lipinski definition) is 3. The second kappa shape index (κ2) is 9.13. The number of amides is 3. The number of nitrogens with one attached hydrogen (secondary N) is 3. The molecule has 0 unspecified atom stereocenters. The molecule has 0 aliphatic heterocycles. The van der Waals surface area contributed by atoms with E-state index in [0.29, 0.717) is 23.5 Å². The quantitative estimate of drug-likeness (QED) is 0.451. The molecule has 162 valence electrons. The molecule has 31 heavy (non-hydrogen) atoms. The van der Waals surface area contributed by atoms with Crippen LogP contribution in [0.2, 0.25) is 0 Å². The first-order valence-corrected chi connectivity index (χ1v) is 9.74. The van der Waals surface area contributed by atoms with Crippen molar-refractivity contribution in [3.63, 3.8) is 0 Å². The van der Waals surface area contributed by atoms with Crippen LogP contribution in [0.1, 0.15) is 16.8 Å². The Morgan fingerprint density at radius 2 is 1.77 bits per heavy atom. The Morgan fingerprint density at radius 3 is 2.48 bits per heavy atom. The number of urea groups is 1. The maximum absolute atomic E-state index is 13.3. The van der Waals surface area contributed by atoms with Gasteiger partial charge in [0.25, 0.3) is 0 Å². The normalized spacial score (nSPS) is 11.1. The van der Waals surface area contributed by atoms with Crippen LogP contribution >= 0.6 is 11.3 Å². The van der Waals surface area contributed by atoms with E-state index in [2.05, 4.69) is 20.9 Å². The minimum Gasteiger partial charge on any atom is -0.326 e. The van der Waals surface area contributed by atoms with E-state index in [1.807, 2.05) is 13.0 Å². The molecule has 3 aromatic rings. The van der Waals surface area contributed by atoms with Crippen LogP contribution in [0.4, 0.5) is 38.9 Å². The van der Waals surface area contributed by atoms with Gasteiger partial charge >= 0.3 is 12.2 Å². The average Bonchev–Trinajstić information content (AvgIpc) is 3.08. The maximum atomic E-state index is 13.3. The predicted molar refractivity (Wildman–Crippen MR) is 110 cm³/mol. The van der Waals surface area contributed by atoms with E-state index in [4.69, 9.17) is 0 Å². The number of aromatic nitrogens is 1. The standard InChI is InChI=1S/C20H16F4N4O2S/c1-11-3-2-4-12(7-11)26-18(30)28-19-27-14(10-31-19)9-17(29)25-13-5-6-16(21)15(8-13)20(22,23)24/h2-8,10H,9H2,1H3,(H,25,29)(H2,26,27,28,30). The van der Waals surface area contributed by atoms with Gasteiger partial charge in [-0.3, -0.25) is 10.1 Å². The summed E-state index contributed by atoms with van der Waals surface area (Å²) in [6.45, 7) is 1.89. The first kappa shape index (κ1) is 22.2. The fraction of sp³-hybridized carbons (Fsp3) is 0.150. The molecular formula is C20H16F4N4O2S. The highest BCUT2D eigenvalue weighted by molar-refractivity contribution is 7.14. The zero-order chi connectivity index (χ0) is 22.6. The summed E-state index contributed by atoms with van der Waals surface area (Å²) in [5, 5.41) is 9.25. The Bertz CT molecular complexity index is 1110. The van der Waals surface area contributed by atoms with E-state index in [1.165, 1.54) is 5.38 Å². The fourth-order valence-corrected chi connectivity index (χ4v) is 3.32. The summed E-state index contributed by atoms with van der Waals surface area (Å²) < 4.78 is 51.7. The van der Waals surface area contributed by atoms with Crippen LogP contribution in [0.15, 0.2) is 47.8 Å². The van der Waals surface area contributed by atoms with Crippen molar-refractivity contribution < 1.29 is 27.2 Å². The van der Waals surface area contributed by atoms with E-state index in [9.17, 15) is 27.2 Å². The lowest BCUT2D eigenvalue weighted by Gasteiger charge is -2.10. The Hall–Kier alpha value is -3.47. The molecular weight excluding hydrogens is 436 g/mol. The molecule has 0 radical (unpaired) electrons. The molecule has 0 saturated carbocycles. The van der Waals surface area contributed by atoms with E-state index < -0.39 is 29.5 Å². The molecule has 3 rings (SSSR count). The van der Waals surface area contributed by atoms with Crippen LogP contribution in [-0.2, 0) is 17.4 Å². The van der Waals surface area contributed by atoms with Gasteiger partial charge in [-0.15, -0.1) is 11.3 Å². The number of rotatable bonds is 5. The molecule has 0 atom stereocenters. The number of aryl methyl sites for hydroxylation is 1. The van der Waals surface area contributed by atoms with Gasteiger partial charge in [-0.2, -0.15) is 13.2 Å². The highest BCUT2D eigenvalue weighted by Crippen LogP contribution is 2.33. The largest absolute Gasteiger partial charge is 0.419 e. The number of anilines is 3. The second-order valence-electron chi connectivity index (χ2n) is 6.51. The summed E-state index contributed by atoms with van der Waals surface area (Å²) >= 11 is 1.09. The summed E-state index contributed by atoms with van der Waals surface area (Å²) in [7, 11) is 0. The van der Waals surface area contributed by atoms with Crippen LogP contribution in [-0.4, -0.2) is 16.9 Å². The van der Waals surface area contributed by atoms with Gasteiger partial charge in [-0.05, 0) is 42.8 Å². The van der Waals surface area contributed by atoms with Crippen LogP contribution in [0.25, 0.3) is 0 Å². The van der Waals surface area contributed by atoms with E-state index in [1.54, 1.807) is 18.2 Å². The van der Waals surface area contributed by atoms with Crippen molar-refractivity contribution >= 4 is 39.8 Å². The lowest BCUT2D eigenvalue weighted by Crippen LogP contribution is -2.19. The number of hydrogen-bond acceptors (Lipinski definition) is 4. The predicted octanol–water partition coefficient (Wildman–Crippen LogP) is 5.43. The zero-order valence-corrected chi connectivity index (χ0v) is 16.8. The van der Waals surface area contributed by atoms with Crippen molar-refractivity contribution in [3.05, 3.63) is 70.5 Å². The zero-order valence-electron chi connectivity index (χ0n) is 16.0. The summed E-state index contributed by atoms with van der Waals surface area (Å²) in [6.07, 6.45) is -5.12. The van der Waals surface area contributed by atoms with Crippen molar-refractivity contribution in [2.24, 2.45) is 0 Å². The van der Waals surface area contributed by atoms with E-state index >= 15 is 0 Å². The smallest absolute Gasteiger partial charge is 0.326 e. The minimum absolute atomic E-state index is 0.190. The molecule has 2 aromatic carbocycles. The van der Waals surface area contributed by atoms with Gasteiger partial charge in [0.1, 0.15) is 5.82 Å². The van der Waals surface area contributed by atoms with Gasteiger partial charge < -0.3 is 10.6 Å². The summed E-state index contributed by atoms with van der Waals surface area (Å²) in [5.74, 6) is -2.06. The Labute approximate surface area is 178 Å². The van der Waals surface area contributed by atoms with Crippen LogP contribution in [0.5, 0.6) is 0 Å². The third-order valence-electron chi connectivity index (χ3n) is 3.95. The van der Waals surface area contributed by atoms with Crippen molar-refractivity contribution in [3.8, 4) is 0 Å². The molecule has 0 saturated heterocycles. The molecule has 3 amide bonds. The molecule has 0 fully saturated rings. The Balaban J connectivity index is 1.57. The van der Waals surface area contributed by atoms with Crippen LogP contribution in [0.3, 0.4) is 0 Å². The molecule has 3 N–H and O–H groups in total. The number of carbonyl (C=O) groups excluding carboxylic acids is 2. The van der Waals surface area contributed by atoms with Gasteiger partial charge in [0, 0.05) is 16.8 Å². The number of alkyl halides is 3. The summed E-state index contributed by atoms with van der Waals surface area (Å²) in [4.78, 5) is 28.3. The van der Waals surface area contributed by atoms with Crippen LogP contribution in [0, 0.1) is 12.7 Å². The Kier molecular flexibility index (Phi) is 6.54. The van der Waals surface area contributed by atoms with Crippen molar-refractivity contribution in [1.82, 2.24) is 4.98 Å². The number of benzene rings is 2. The van der Waals surface area contributed by atoms with Gasteiger partial charge in [0.2, 0.25) is 5.91 Å². The monoisotopic (exact) mass is 452 g/mol. The SMILES string of the molecule is Cc1cccc(NC(=O)Nc2nc(CC(=O)Nc3ccc(F)c(C(F)(F)F)c3)cs2)c1. The second-order valence-corrected chi connectivity index (χ2v) is 7.37. The lowest BCUT2D eigenvalue weighted by atomic mass is 10.1. The summed E-state index contributed by atoms with van der Waals surface area (Å²) in [6, 6.07) is 8.88. The fourth-order valence-electron chi connectivity index (χ4n) is 2.62. The third kappa shape index (κ3) is 6.25. The van der Waals surface area contributed by atoms with Gasteiger partial charge in [0.15, 0.2) is 5.13 Å². The highest BCUT2D eigenvalue weighted by atomic mass is 32.1. The van der Waals surface area contributed by atoms with Crippen molar-refractivity contribution in [2.75, 3.05) is 16.0 Å². The molecule has 1 aromatic heterocycles. The third-order valence-corrected chi connectivity index (χ3v) is 4.75. The lowest BCUT2D eigenvalue weighted by molar-refractivity contribution is -0.140. The van der Waals surface area contributed by atoms with Gasteiger partial charge in [-0.1, -0.05) is 12.1 Å². The topological polar surface area (TPSA) is 83.1 Å². The minimum atomic E-state index is -4.88. The van der Waals surface area contributed by atoms with Crippen molar-refractivity contribution in [2.45, 2.75) is 19.5 Å². The molecule has 6 nitrogen and oxygen atoms in total. The highest BCUT2D eigenvalue weighted by Gasteiger charge is 2.34. The van der Waals surface area contributed by atoms with Crippen LogP contribution < -0.4 is 16.0 Å². The Morgan fingerprint density at radius 1 is 1.03 bits per heavy atom. The number of halogens is 4. The molecule has 0 bridgehead atoms. The first-order chi connectivity index (χ1) is 14.6. The summed E-state index contributed by atoms with van der Waals surface area (Å²) in [5.41, 5.74) is 0.233. The van der Waals surface area contributed by atoms with Crippen molar-refractivity contribution in [1.29, 1.82) is 0 Å². The molecule has 1 heterocycles. The van der Waals surface area contributed by atoms with Gasteiger partial charge in [0.05, 0.1) is 17.7 Å². The average molecular weight is 452 g/mol. The first-order valence-electron chi connectivity index (χ1n) is 8.86. The molecule has 0 aliphatic carbocycles. The number of nitrogens with zero attached hydrogens (tertiary/aromatic N) is 1. The maximum Gasteiger partial charge on any atom is 0.419 e. The number of thiazole rings is 1. The molecule has 11 heteroatoms. The van der Waals surface area contributed by atoms with E-state index in [-0.39, 0.29) is 17.2 Å². The molecule has 0 aliphatic rings.